The van der Waals surface area contributed by atoms with Gasteiger partial charge < -0.3 is 10.4 Å². The van der Waals surface area contributed by atoms with Gasteiger partial charge >= 0.3 is 5.97 Å². The highest BCUT2D eigenvalue weighted by molar-refractivity contribution is 5.94. The van der Waals surface area contributed by atoms with Crippen LogP contribution in [0.1, 0.15) is 15.9 Å². The molecule has 6 heteroatoms. The molecule has 0 atom stereocenters. The average molecular weight is 281 g/mol. The number of halogens is 3. The van der Waals surface area contributed by atoms with Crippen molar-refractivity contribution in [2.24, 2.45) is 0 Å². The second kappa shape index (κ2) is 5.64. The quantitative estimate of drug-likeness (QED) is 0.902. The molecule has 3 nitrogen and oxygen atoms in total. The predicted octanol–water partition coefficient (Wildman–Crippen LogP) is 3.41. The minimum absolute atomic E-state index is 0.0289. The third kappa shape index (κ3) is 2.90. The van der Waals surface area contributed by atoms with E-state index in [1.807, 2.05) is 0 Å². The van der Waals surface area contributed by atoms with Gasteiger partial charge in [0.05, 0.1) is 5.69 Å². The van der Waals surface area contributed by atoms with Crippen molar-refractivity contribution < 1.29 is 23.1 Å². The summed E-state index contributed by atoms with van der Waals surface area (Å²) < 4.78 is 39.6. The van der Waals surface area contributed by atoms with Crippen LogP contribution in [0.25, 0.3) is 0 Å². The maximum Gasteiger partial charge on any atom is 0.340 e. The van der Waals surface area contributed by atoms with Crippen molar-refractivity contribution in [3.05, 3.63) is 65.0 Å². The number of aromatic carboxylic acids is 1. The van der Waals surface area contributed by atoms with Crippen LogP contribution >= 0.6 is 0 Å². The summed E-state index contributed by atoms with van der Waals surface area (Å²) in [7, 11) is 0. The smallest absolute Gasteiger partial charge is 0.340 e. The summed E-state index contributed by atoms with van der Waals surface area (Å²) in [5.74, 6) is -3.78. The molecule has 0 heterocycles. The molecule has 0 saturated heterocycles. The molecule has 0 saturated carbocycles. The maximum absolute atomic E-state index is 13.4. The first kappa shape index (κ1) is 13.9. The van der Waals surface area contributed by atoms with E-state index in [1.165, 1.54) is 18.2 Å². The first-order chi connectivity index (χ1) is 9.49. The first-order valence-electron chi connectivity index (χ1n) is 5.68. The van der Waals surface area contributed by atoms with E-state index in [2.05, 4.69) is 5.32 Å². The Morgan fingerprint density at radius 1 is 1.10 bits per heavy atom. The Balaban J connectivity index is 2.23. The number of hydrogen-bond donors (Lipinski definition) is 2. The fraction of sp³-hybridized carbons (Fsp3) is 0.0714. The van der Waals surface area contributed by atoms with E-state index in [0.29, 0.717) is 0 Å². The fourth-order valence-electron chi connectivity index (χ4n) is 1.74. The summed E-state index contributed by atoms with van der Waals surface area (Å²) in [5.41, 5.74) is -0.344. The second-order valence-electron chi connectivity index (χ2n) is 4.06. The van der Waals surface area contributed by atoms with Crippen LogP contribution < -0.4 is 5.32 Å². The zero-order chi connectivity index (χ0) is 14.7. The predicted molar refractivity (Wildman–Crippen MR) is 67.0 cm³/mol. The molecular formula is C14H10F3NO2. The zero-order valence-corrected chi connectivity index (χ0v) is 10.2. The molecule has 20 heavy (non-hydrogen) atoms. The Bertz CT molecular complexity index is 659. The van der Waals surface area contributed by atoms with Crippen molar-refractivity contribution >= 4 is 11.7 Å². The lowest BCUT2D eigenvalue weighted by Crippen LogP contribution is -2.09. The van der Waals surface area contributed by atoms with Crippen LogP contribution in [-0.2, 0) is 6.54 Å². The summed E-state index contributed by atoms with van der Waals surface area (Å²) in [6, 6.07) is 6.77. The molecule has 0 aliphatic rings. The zero-order valence-electron chi connectivity index (χ0n) is 10.2. The highest BCUT2D eigenvalue weighted by Gasteiger charge is 2.15. The Morgan fingerprint density at radius 3 is 2.50 bits per heavy atom. The second-order valence-corrected chi connectivity index (χ2v) is 4.06. The molecule has 0 amide bonds. The van der Waals surface area contributed by atoms with Gasteiger partial charge in [-0.1, -0.05) is 12.1 Å². The van der Waals surface area contributed by atoms with Gasteiger partial charge in [-0.05, 0) is 18.2 Å². The summed E-state index contributed by atoms with van der Waals surface area (Å²) >= 11 is 0. The van der Waals surface area contributed by atoms with Crippen LogP contribution in [0.4, 0.5) is 18.9 Å². The molecule has 0 radical (unpaired) electrons. The van der Waals surface area contributed by atoms with Crippen molar-refractivity contribution in [1.82, 2.24) is 0 Å². The molecule has 0 spiro atoms. The van der Waals surface area contributed by atoms with Gasteiger partial charge in [-0.15, -0.1) is 0 Å². The molecule has 0 bridgehead atoms. The van der Waals surface area contributed by atoms with E-state index in [-0.39, 0.29) is 17.8 Å². The number of benzene rings is 2. The Kier molecular flexibility index (Phi) is 3.93. The van der Waals surface area contributed by atoms with Crippen LogP contribution in [0.15, 0.2) is 36.4 Å². The Labute approximate surface area is 112 Å². The summed E-state index contributed by atoms with van der Waals surface area (Å²) in [4.78, 5) is 11.0. The van der Waals surface area contributed by atoms with Crippen molar-refractivity contribution in [3.8, 4) is 0 Å². The number of carboxylic acid groups (broad SMARTS) is 1. The van der Waals surface area contributed by atoms with Crippen molar-refractivity contribution in [2.45, 2.75) is 6.54 Å². The van der Waals surface area contributed by atoms with E-state index < -0.39 is 29.0 Å². The van der Waals surface area contributed by atoms with E-state index in [9.17, 15) is 18.0 Å². The van der Waals surface area contributed by atoms with E-state index in [0.717, 1.165) is 18.2 Å². The van der Waals surface area contributed by atoms with Crippen LogP contribution in [0.5, 0.6) is 0 Å². The lowest BCUT2D eigenvalue weighted by atomic mass is 10.1. The molecule has 0 aromatic heterocycles. The van der Waals surface area contributed by atoms with Crippen LogP contribution in [0, 0.1) is 17.5 Å². The minimum Gasteiger partial charge on any atom is -0.478 e. The maximum atomic E-state index is 13.4. The molecule has 2 aromatic carbocycles. The Hall–Kier alpha value is -2.50. The number of nitrogens with one attached hydrogen (secondary N) is 1. The van der Waals surface area contributed by atoms with Crippen molar-refractivity contribution in [2.75, 3.05) is 5.32 Å². The highest BCUT2D eigenvalue weighted by atomic mass is 19.1. The van der Waals surface area contributed by atoms with Crippen molar-refractivity contribution in [1.29, 1.82) is 0 Å². The lowest BCUT2D eigenvalue weighted by molar-refractivity contribution is 0.0693. The van der Waals surface area contributed by atoms with E-state index >= 15 is 0 Å². The van der Waals surface area contributed by atoms with Gasteiger partial charge in [-0.2, -0.15) is 0 Å². The van der Waals surface area contributed by atoms with Gasteiger partial charge in [0.15, 0.2) is 0 Å². The normalized spacial score (nSPS) is 10.3. The molecule has 0 unspecified atom stereocenters. The first-order valence-corrected chi connectivity index (χ1v) is 5.68. The van der Waals surface area contributed by atoms with Crippen LogP contribution in [-0.4, -0.2) is 11.1 Å². The number of anilines is 1. The molecule has 0 fully saturated rings. The number of carboxylic acids is 1. The van der Waals surface area contributed by atoms with Gasteiger partial charge in [0.25, 0.3) is 0 Å². The van der Waals surface area contributed by atoms with Crippen LogP contribution in [0.2, 0.25) is 0 Å². The topological polar surface area (TPSA) is 49.3 Å². The van der Waals surface area contributed by atoms with Gasteiger partial charge in [-0.25, -0.2) is 18.0 Å². The van der Waals surface area contributed by atoms with E-state index in [1.54, 1.807) is 0 Å². The molecule has 0 aliphatic carbocycles. The number of hydrogen-bond acceptors (Lipinski definition) is 2. The fourth-order valence-corrected chi connectivity index (χ4v) is 1.74. The van der Waals surface area contributed by atoms with Crippen molar-refractivity contribution in [3.63, 3.8) is 0 Å². The number of carbonyl (C=O) groups is 1. The summed E-state index contributed by atoms with van der Waals surface area (Å²) in [5, 5.41) is 11.6. The summed E-state index contributed by atoms with van der Waals surface area (Å²) in [6.45, 7) is -0.0875. The molecule has 2 aromatic rings. The SMILES string of the molecule is O=C(O)c1c(F)cccc1NCc1ccc(F)cc1F. The monoisotopic (exact) mass is 281 g/mol. The van der Waals surface area contributed by atoms with Crippen LogP contribution in [0.3, 0.4) is 0 Å². The molecular weight excluding hydrogens is 271 g/mol. The molecule has 0 aliphatic heterocycles. The minimum atomic E-state index is -1.43. The van der Waals surface area contributed by atoms with E-state index in [4.69, 9.17) is 5.11 Å². The third-order valence-corrected chi connectivity index (χ3v) is 2.71. The molecule has 2 rings (SSSR count). The largest absolute Gasteiger partial charge is 0.478 e. The highest BCUT2D eigenvalue weighted by Crippen LogP contribution is 2.20. The average Bonchev–Trinajstić information content (AvgIpc) is 2.37. The lowest BCUT2D eigenvalue weighted by Gasteiger charge is -2.10. The van der Waals surface area contributed by atoms with Gasteiger partial charge in [0, 0.05) is 18.2 Å². The number of rotatable bonds is 4. The summed E-state index contributed by atoms with van der Waals surface area (Å²) in [6.07, 6.45) is 0. The Morgan fingerprint density at radius 2 is 1.85 bits per heavy atom. The van der Waals surface area contributed by atoms with Gasteiger partial charge in [0.1, 0.15) is 23.0 Å². The van der Waals surface area contributed by atoms with Gasteiger partial charge in [0.2, 0.25) is 0 Å². The van der Waals surface area contributed by atoms with Gasteiger partial charge in [-0.3, -0.25) is 0 Å². The third-order valence-electron chi connectivity index (χ3n) is 2.71. The molecule has 104 valence electrons. The standard InChI is InChI=1S/C14H10F3NO2/c15-9-5-4-8(11(17)6-9)7-18-12-3-1-2-10(16)13(12)14(19)20/h1-6,18H,7H2,(H,19,20). The molecule has 2 N–H and O–H groups in total.